The average molecular weight is 291 g/mol. The van der Waals surface area contributed by atoms with Crippen LogP contribution in [0.5, 0.6) is 5.75 Å². The fourth-order valence-electron chi connectivity index (χ4n) is 2.52. The number of phenols is 1. The van der Waals surface area contributed by atoms with Crippen LogP contribution in [0.25, 0.3) is 0 Å². The second-order valence-electron chi connectivity index (χ2n) is 5.02. The SMILES string of the molecule is Nc1ccc(O)c(CSc2nnnn2C2CCCC2)c1. The molecule has 2 aromatic rings. The van der Waals surface area contributed by atoms with Gasteiger partial charge in [-0.25, -0.2) is 4.68 Å². The molecule has 1 aliphatic rings. The van der Waals surface area contributed by atoms with Gasteiger partial charge in [0, 0.05) is 17.0 Å². The fraction of sp³-hybridized carbons (Fsp3) is 0.462. The predicted octanol–water partition coefficient (Wildman–Crippen LogP) is 2.37. The Bertz CT molecular complexity index is 594. The first-order valence-corrected chi connectivity index (χ1v) is 7.70. The van der Waals surface area contributed by atoms with Gasteiger partial charge < -0.3 is 10.8 Å². The summed E-state index contributed by atoms with van der Waals surface area (Å²) in [5, 5.41) is 22.6. The normalized spacial score (nSPS) is 15.8. The molecule has 0 unspecified atom stereocenters. The molecule has 6 nitrogen and oxygen atoms in total. The molecule has 3 rings (SSSR count). The van der Waals surface area contributed by atoms with Crippen molar-refractivity contribution >= 4 is 17.4 Å². The topological polar surface area (TPSA) is 89.8 Å². The molecular formula is C13H17N5OS. The maximum atomic E-state index is 9.82. The van der Waals surface area contributed by atoms with Crippen LogP contribution in [-0.2, 0) is 5.75 Å². The van der Waals surface area contributed by atoms with Gasteiger partial charge in [0.15, 0.2) is 0 Å². The Labute approximate surface area is 121 Å². The standard InChI is InChI=1S/C13H17N5OS/c14-10-5-6-12(19)9(7-10)8-20-13-15-16-17-18(13)11-3-1-2-4-11/h5-7,11,19H,1-4,8,14H2. The lowest BCUT2D eigenvalue weighted by Gasteiger charge is -2.11. The first-order valence-electron chi connectivity index (χ1n) is 6.72. The predicted molar refractivity (Wildman–Crippen MR) is 77.4 cm³/mol. The molecule has 0 aliphatic heterocycles. The van der Waals surface area contributed by atoms with Crippen LogP contribution in [0, 0.1) is 0 Å². The largest absolute Gasteiger partial charge is 0.508 e. The van der Waals surface area contributed by atoms with Crippen molar-refractivity contribution in [1.82, 2.24) is 20.2 Å². The number of benzene rings is 1. The van der Waals surface area contributed by atoms with E-state index >= 15 is 0 Å². The highest BCUT2D eigenvalue weighted by molar-refractivity contribution is 7.98. The van der Waals surface area contributed by atoms with Gasteiger partial charge in [0.05, 0.1) is 6.04 Å². The van der Waals surface area contributed by atoms with E-state index in [1.807, 2.05) is 4.68 Å². The number of aromatic hydroxyl groups is 1. The van der Waals surface area contributed by atoms with Gasteiger partial charge in [0.1, 0.15) is 5.75 Å². The zero-order chi connectivity index (χ0) is 13.9. The van der Waals surface area contributed by atoms with Crippen LogP contribution >= 0.6 is 11.8 Å². The van der Waals surface area contributed by atoms with E-state index in [1.54, 1.807) is 18.2 Å². The van der Waals surface area contributed by atoms with Crippen LogP contribution in [0.3, 0.4) is 0 Å². The number of tetrazole rings is 1. The molecule has 7 heteroatoms. The van der Waals surface area contributed by atoms with Crippen LogP contribution in [0.15, 0.2) is 23.4 Å². The Morgan fingerprint density at radius 1 is 1.35 bits per heavy atom. The van der Waals surface area contributed by atoms with Crippen LogP contribution in [0.4, 0.5) is 5.69 Å². The summed E-state index contributed by atoms with van der Waals surface area (Å²) in [5.41, 5.74) is 7.19. The second kappa shape index (κ2) is 5.70. The number of hydrogen-bond acceptors (Lipinski definition) is 6. The first-order chi connectivity index (χ1) is 9.74. The Balaban J connectivity index is 1.72. The van der Waals surface area contributed by atoms with E-state index < -0.39 is 0 Å². The molecule has 106 valence electrons. The van der Waals surface area contributed by atoms with Crippen molar-refractivity contribution in [3.63, 3.8) is 0 Å². The number of nitrogen functional groups attached to an aromatic ring is 1. The molecule has 3 N–H and O–H groups in total. The molecule has 1 aliphatic carbocycles. The van der Waals surface area contributed by atoms with Gasteiger partial charge in [0.2, 0.25) is 5.16 Å². The summed E-state index contributed by atoms with van der Waals surface area (Å²) in [5.74, 6) is 0.857. The van der Waals surface area contributed by atoms with Crippen molar-refractivity contribution in [2.45, 2.75) is 42.6 Å². The third-order valence-electron chi connectivity index (χ3n) is 3.59. The van der Waals surface area contributed by atoms with Gasteiger partial charge in [-0.05, 0) is 41.5 Å². The minimum Gasteiger partial charge on any atom is -0.508 e. The minimum absolute atomic E-state index is 0.256. The summed E-state index contributed by atoms with van der Waals surface area (Å²) in [6, 6.07) is 5.51. The molecule has 0 bridgehead atoms. The molecular weight excluding hydrogens is 274 g/mol. The molecule has 1 aromatic carbocycles. The first kappa shape index (κ1) is 13.2. The molecule has 0 saturated heterocycles. The van der Waals surface area contributed by atoms with E-state index in [9.17, 15) is 5.11 Å². The monoisotopic (exact) mass is 291 g/mol. The maximum absolute atomic E-state index is 9.82. The number of aromatic nitrogens is 4. The number of anilines is 1. The average Bonchev–Trinajstić information content (AvgIpc) is 3.09. The highest BCUT2D eigenvalue weighted by Crippen LogP contribution is 2.33. The molecule has 1 fully saturated rings. The Morgan fingerprint density at radius 3 is 2.95 bits per heavy atom. The minimum atomic E-state index is 0.256. The summed E-state index contributed by atoms with van der Waals surface area (Å²) in [7, 11) is 0. The van der Waals surface area contributed by atoms with Crippen molar-refractivity contribution in [2.75, 3.05) is 5.73 Å². The van der Waals surface area contributed by atoms with Crippen molar-refractivity contribution in [3.8, 4) is 5.75 Å². The van der Waals surface area contributed by atoms with Gasteiger partial charge in [-0.2, -0.15) is 0 Å². The van der Waals surface area contributed by atoms with Crippen molar-refractivity contribution in [3.05, 3.63) is 23.8 Å². The third-order valence-corrected chi connectivity index (χ3v) is 4.58. The van der Waals surface area contributed by atoms with Crippen LogP contribution < -0.4 is 5.73 Å². The number of rotatable bonds is 4. The fourth-order valence-corrected chi connectivity index (χ4v) is 3.45. The van der Waals surface area contributed by atoms with Gasteiger partial charge in [-0.3, -0.25) is 0 Å². The second-order valence-corrected chi connectivity index (χ2v) is 5.96. The van der Waals surface area contributed by atoms with Crippen LogP contribution in [0.1, 0.15) is 37.3 Å². The summed E-state index contributed by atoms with van der Waals surface area (Å²) >= 11 is 1.53. The Kier molecular flexibility index (Phi) is 3.77. The highest BCUT2D eigenvalue weighted by Gasteiger charge is 2.21. The lowest BCUT2D eigenvalue weighted by atomic mass is 10.2. The number of hydrogen-bond donors (Lipinski definition) is 2. The van der Waals surface area contributed by atoms with E-state index in [2.05, 4.69) is 15.5 Å². The van der Waals surface area contributed by atoms with Crippen LogP contribution in [0.2, 0.25) is 0 Å². The van der Waals surface area contributed by atoms with E-state index in [0.29, 0.717) is 17.5 Å². The molecule has 0 radical (unpaired) electrons. The summed E-state index contributed by atoms with van der Waals surface area (Å²) in [6.45, 7) is 0. The lowest BCUT2D eigenvalue weighted by molar-refractivity contribution is 0.423. The smallest absolute Gasteiger partial charge is 0.209 e. The number of nitrogens with two attached hydrogens (primary N) is 1. The number of nitrogens with zero attached hydrogens (tertiary/aromatic N) is 4. The molecule has 1 aromatic heterocycles. The van der Waals surface area contributed by atoms with E-state index in [1.165, 1.54) is 24.6 Å². The molecule has 1 heterocycles. The zero-order valence-corrected chi connectivity index (χ0v) is 11.9. The lowest BCUT2D eigenvalue weighted by Crippen LogP contribution is -2.08. The van der Waals surface area contributed by atoms with Gasteiger partial charge in [-0.15, -0.1) is 5.10 Å². The summed E-state index contributed by atoms with van der Waals surface area (Å²) < 4.78 is 1.92. The molecule has 20 heavy (non-hydrogen) atoms. The Morgan fingerprint density at radius 2 is 2.15 bits per heavy atom. The van der Waals surface area contributed by atoms with E-state index in [0.717, 1.165) is 23.6 Å². The highest BCUT2D eigenvalue weighted by atomic mass is 32.2. The van der Waals surface area contributed by atoms with E-state index in [4.69, 9.17) is 5.73 Å². The molecule has 0 spiro atoms. The maximum Gasteiger partial charge on any atom is 0.209 e. The van der Waals surface area contributed by atoms with Crippen molar-refractivity contribution in [2.24, 2.45) is 0 Å². The van der Waals surface area contributed by atoms with Gasteiger partial charge >= 0.3 is 0 Å². The molecule has 0 amide bonds. The van der Waals surface area contributed by atoms with Crippen molar-refractivity contribution in [1.29, 1.82) is 0 Å². The van der Waals surface area contributed by atoms with Gasteiger partial charge in [0.25, 0.3) is 0 Å². The van der Waals surface area contributed by atoms with E-state index in [-0.39, 0.29) is 5.75 Å². The number of phenolic OH excluding ortho intramolecular Hbond substituents is 1. The third kappa shape index (κ3) is 2.72. The van der Waals surface area contributed by atoms with Crippen LogP contribution in [-0.4, -0.2) is 25.3 Å². The Hall–Kier alpha value is -1.76. The summed E-state index contributed by atoms with van der Waals surface area (Å²) in [6.07, 6.45) is 4.76. The summed E-state index contributed by atoms with van der Waals surface area (Å²) in [4.78, 5) is 0. The quantitative estimate of drug-likeness (QED) is 0.510. The zero-order valence-electron chi connectivity index (χ0n) is 11.1. The molecule has 0 atom stereocenters. The van der Waals surface area contributed by atoms with Gasteiger partial charge in [-0.1, -0.05) is 24.6 Å². The van der Waals surface area contributed by atoms with Crippen molar-refractivity contribution < 1.29 is 5.11 Å². The molecule has 1 saturated carbocycles. The number of thioether (sulfide) groups is 1.